The fourth-order valence-electron chi connectivity index (χ4n) is 3.32. The van der Waals surface area contributed by atoms with Gasteiger partial charge in [-0.15, -0.1) is 11.3 Å². The second-order valence-corrected chi connectivity index (χ2v) is 10.3. The summed E-state index contributed by atoms with van der Waals surface area (Å²) in [5.41, 5.74) is 0.237. The summed E-state index contributed by atoms with van der Waals surface area (Å²) in [6, 6.07) is 8.06. The summed E-state index contributed by atoms with van der Waals surface area (Å²) in [6.07, 6.45) is -3.61. The van der Waals surface area contributed by atoms with Crippen molar-refractivity contribution in [2.24, 2.45) is 5.16 Å². The molecular formula is C25H23Cl2F3N2O4S. The van der Waals surface area contributed by atoms with Gasteiger partial charge in [-0.05, 0) is 57.4 Å². The molecule has 1 N–H and O–H groups in total. The molecule has 3 rings (SSSR count). The van der Waals surface area contributed by atoms with Crippen LogP contribution in [0.3, 0.4) is 0 Å². The van der Waals surface area contributed by atoms with Gasteiger partial charge in [0.1, 0.15) is 22.9 Å². The number of aromatic nitrogens is 1. The van der Waals surface area contributed by atoms with Gasteiger partial charge >= 0.3 is 12.1 Å². The molecule has 12 heteroatoms. The minimum Gasteiger partial charge on any atom is -0.478 e. The van der Waals surface area contributed by atoms with E-state index in [2.05, 4.69) is 10.1 Å². The number of carboxylic acids is 1. The zero-order valence-corrected chi connectivity index (χ0v) is 22.6. The topological polar surface area (TPSA) is 81.0 Å². The van der Waals surface area contributed by atoms with E-state index < -0.39 is 23.3 Å². The smallest absolute Gasteiger partial charge is 0.416 e. The molecule has 0 aliphatic heterocycles. The number of alkyl halides is 3. The fourth-order valence-corrected chi connectivity index (χ4v) is 4.87. The van der Waals surface area contributed by atoms with Gasteiger partial charge in [-0.1, -0.05) is 46.6 Å². The quantitative estimate of drug-likeness (QED) is 0.209. The minimum atomic E-state index is -4.41. The largest absolute Gasteiger partial charge is 0.478 e. The van der Waals surface area contributed by atoms with Gasteiger partial charge in [-0.25, -0.2) is 9.78 Å². The zero-order valence-electron chi connectivity index (χ0n) is 20.2. The third-order valence-electron chi connectivity index (χ3n) is 5.36. The highest BCUT2D eigenvalue weighted by Gasteiger charge is 2.31. The summed E-state index contributed by atoms with van der Waals surface area (Å²) in [6.45, 7) is 4.58. The van der Waals surface area contributed by atoms with Crippen LogP contribution >= 0.6 is 34.5 Å². The first-order chi connectivity index (χ1) is 17.2. The second-order valence-electron chi connectivity index (χ2n) is 8.50. The average Bonchev–Trinajstić information content (AvgIpc) is 3.21. The Kier molecular flexibility index (Phi) is 8.77. The van der Waals surface area contributed by atoms with E-state index in [1.165, 1.54) is 44.4 Å². The minimum absolute atomic E-state index is 0.0947. The number of hydrogen-bond donors (Lipinski definition) is 1. The Balaban J connectivity index is 1.82. The van der Waals surface area contributed by atoms with Crippen molar-refractivity contribution in [1.29, 1.82) is 0 Å². The van der Waals surface area contributed by atoms with Crippen molar-refractivity contribution in [3.63, 3.8) is 0 Å². The van der Waals surface area contributed by atoms with Crippen LogP contribution in [0.2, 0.25) is 10.0 Å². The predicted octanol–water partition coefficient (Wildman–Crippen LogP) is 7.67. The number of ether oxygens (including phenoxy) is 1. The molecule has 0 atom stereocenters. The Morgan fingerprint density at radius 1 is 1.11 bits per heavy atom. The van der Waals surface area contributed by atoms with Crippen LogP contribution in [0.5, 0.6) is 5.75 Å². The lowest BCUT2D eigenvalue weighted by atomic mass is 10.1. The van der Waals surface area contributed by atoms with Gasteiger partial charge in [0, 0.05) is 5.56 Å². The van der Waals surface area contributed by atoms with Gasteiger partial charge in [0.05, 0.1) is 26.9 Å². The number of carboxylic acid groups (broad SMARTS) is 1. The van der Waals surface area contributed by atoms with E-state index in [-0.39, 0.29) is 15.8 Å². The molecule has 37 heavy (non-hydrogen) atoms. The molecule has 0 spiro atoms. The van der Waals surface area contributed by atoms with E-state index >= 15 is 0 Å². The van der Waals surface area contributed by atoms with Crippen molar-refractivity contribution in [3.8, 4) is 16.3 Å². The fraction of sp³-hybridized carbons (Fsp3) is 0.320. The van der Waals surface area contributed by atoms with E-state index in [0.717, 1.165) is 17.0 Å². The van der Waals surface area contributed by atoms with Crippen molar-refractivity contribution in [3.05, 3.63) is 68.1 Å². The monoisotopic (exact) mass is 574 g/mol. The highest BCUT2D eigenvalue weighted by atomic mass is 35.5. The SMILES string of the molecule is CO/N=C(\CCc1ccc(OC(C)(C)C(=O)O)c(Cl)c1Cl)c1sc(-c2ccc(C(F)(F)F)cc2)nc1C. The summed E-state index contributed by atoms with van der Waals surface area (Å²) >= 11 is 14.1. The summed E-state index contributed by atoms with van der Waals surface area (Å²) in [4.78, 5) is 21.6. The number of carbonyl (C=O) groups is 1. The molecule has 0 aliphatic carbocycles. The normalized spacial score (nSPS) is 12.5. The Hall–Kier alpha value is -2.82. The van der Waals surface area contributed by atoms with Gasteiger partial charge in [-0.2, -0.15) is 13.2 Å². The Bertz CT molecular complexity index is 1320. The maximum Gasteiger partial charge on any atom is 0.416 e. The lowest BCUT2D eigenvalue weighted by Crippen LogP contribution is -2.38. The van der Waals surface area contributed by atoms with E-state index in [0.29, 0.717) is 40.4 Å². The number of hydrogen-bond acceptors (Lipinski definition) is 6. The van der Waals surface area contributed by atoms with Crippen molar-refractivity contribution in [1.82, 2.24) is 4.98 Å². The highest BCUT2D eigenvalue weighted by Crippen LogP contribution is 2.38. The van der Waals surface area contributed by atoms with Crippen LogP contribution in [-0.2, 0) is 22.2 Å². The summed E-state index contributed by atoms with van der Waals surface area (Å²) in [5.74, 6) is -1.01. The number of nitrogens with zero attached hydrogens (tertiary/aromatic N) is 2. The first kappa shape index (κ1) is 28.7. The maximum atomic E-state index is 12.9. The van der Waals surface area contributed by atoms with Crippen molar-refractivity contribution < 1.29 is 32.6 Å². The number of aliphatic carboxylic acids is 1. The third-order valence-corrected chi connectivity index (χ3v) is 7.52. The average molecular weight is 575 g/mol. The first-order valence-electron chi connectivity index (χ1n) is 10.9. The van der Waals surface area contributed by atoms with Gasteiger partial charge in [0.25, 0.3) is 0 Å². The van der Waals surface area contributed by atoms with Gasteiger partial charge in [0.15, 0.2) is 5.60 Å². The summed E-state index contributed by atoms with van der Waals surface area (Å²) in [5, 5.41) is 14.3. The molecule has 0 unspecified atom stereocenters. The first-order valence-corrected chi connectivity index (χ1v) is 12.5. The molecule has 0 saturated carbocycles. The van der Waals surface area contributed by atoms with E-state index in [4.69, 9.17) is 32.8 Å². The molecule has 1 heterocycles. The Morgan fingerprint density at radius 3 is 2.32 bits per heavy atom. The van der Waals surface area contributed by atoms with Gasteiger partial charge < -0.3 is 14.7 Å². The van der Waals surface area contributed by atoms with Crippen LogP contribution in [0.1, 0.15) is 42.0 Å². The molecule has 1 aromatic heterocycles. The third kappa shape index (κ3) is 6.74. The van der Waals surface area contributed by atoms with Crippen LogP contribution in [0.25, 0.3) is 10.6 Å². The van der Waals surface area contributed by atoms with E-state index in [1.807, 2.05) is 0 Å². The standard InChI is InChI=1S/C25H23Cl2F3N2O4S/c1-13-21(37-22(31-13)15-5-9-16(10-6-15)25(28,29)30)17(32-35-4)11-7-14-8-12-18(20(27)19(14)26)36-24(2,3)23(33)34/h5-6,8-10,12H,7,11H2,1-4H3,(H,33,34)/b32-17+. The molecule has 0 bridgehead atoms. The molecule has 2 aromatic carbocycles. The molecule has 0 amide bonds. The number of rotatable bonds is 9. The lowest BCUT2D eigenvalue weighted by molar-refractivity contribution is -0.152. The molecule has 198 valence electrons. The second kappa shape index (κ2) is 11.3. The lowest BCUT2D eigenvalue weighted by Gasteiger charge is -2.23. The van der Waals surface area contributed by atoms with Gasteiger partial charge in [-0.3, -0.25) is 0 Å². The number of halogens is 5. The van der Waals surface area contributed by atoms with Crippen LogP contribution < -0.4 is 4.74 Å². The number of thiazole rings is 1. The molecular weight excluding hydrogens is 552 g/mol. The number of aryl methyl sites for hydroxylation is 2. The zero-order chi connectivity index (χ0) is 27.5. The summed E-state index contributed by atoms with van der Waals surface area (Å²) in [7, 11) is 1.41. The molecule has 6 nitrogen and oxygen atoms in total. The van der Waals surface area contributed by atoms with Crippen molar-refractivity contribution in [2.75, 3.05) is 7.11 Å². The summed E-state index contributed by atoms with van der Waals surface area (Å²) < 4.78 is 44.2. The predicted molar refractivity (Wildman–Crippen MR) is 138 cm³/mol. The highest BCUT2D eigenvalue weighted by molar-refractivity contribution is 7.17. The van der Waals surface area contributed by atoms with Crippen LogP contribution in [0, 0.1) is 6.92 Å². The van der Waals surface area contributed by atoms with E-state index in [9.17, 15) is 23.1 Å². The van der Waals surface area contributed by atoms with Crippen molar-refractivity contribution in [2.45, 2.75) is 45.4 Å². The molecule has 0 fully saturated rings. The van der Waals surface area contributed by atoms with Crippen molar-refractivity contribution >= 4 is 46.2 Å². The maximum absolute atomic E-state index is 12.9. The number of oxime groups is 1. The van der Waals surface area contributed by atoms with Crippen LogP contribution in [0.4, 0.5) is 13.2 Å². The molecule has 0 aliphatic rings. The Labute approximate surface area is 225 Å². The van der Waals surface area contributed by atoms with Crippen LogP contribution in [-0.4, -0.2) is 34.5 Å². The molecule has 0 radical (unpaired) electrons. The van der Waals surface area contributed by atoms with E-state index in [1.54, 1.807) is 19.1 Å². The number of benzene rings is 2. The van der Waals surface area contributed by atoms with Gasteiger partial charge in [0.2, 0.25) is 0 Å². The molecule has 0 saturated heterocycles. The molecule has 3 aromatic rings. The Morgan fingerprint density at radius 2 is 1.76 bits per heavy atom. The van der Waals surface area contributed by atoms with Crippen LogP contribution in [0.15, 0.2) is 41.6 Å².